The van der Waals surface area contributed by atoms with E-state index < -0.39 is 0 Å². The maximum Gasteiger partial charge on any atom is -0.0178 e. The van der Waals surface area contributed by atoms with Gasteiger partial charge in [0.25, 0.3) is 0 Å². The maximum atomic E-state index is 4.06. The van der Waals surface area contributed by atoms with E-state index in [2.05, 4.69) is 62.5 Å². The fourth-order valence-corrected chi connectivity index (χ4v) is 1.82. The summed E-state index contributed by atoms with van der Waals surface area (Å²) in [5, 5.41) is 2.15. The van der Waals surface area contributed by atoms with Crippen molar-refractivity contribution in [2.75, 3.05) is 0 Å². The lowest BCUT2D eigenvalue weighted by molar-refractivity contribution is 1.46. The monoisotopic (exact) mass is 268 g/mol. The molecule has 0 nitrogen and oxygen atoms in total. The Kier molecular flexibility index (Phi) is 9.03. The van der Waals surface area contributed by atoms with Gasteiger partial charge in [0.1, 0.15) is 0 Å². The molecule has 0 N–H and O–H groups in total. The molecular formula is C20H28. The lowest BCUT2D eigenvalue weighted by Gasteiger charge is -2.02. The molecule has 108 valence electrons. The summed E-state index contributed by atoms with van der Waals surface area (Å²) in [7, 11) is 0. The third-order valence-corrected chi connectivity index (χ3v) is 2.83. The largest absolute Gasteiger partial charge is 0.0990 e. The average Bonchev–Trinajstić information content (AvgIpc) is 2.33. The second kappa shape index (κ2) is 8.92. The van der Waals surface area contributed by atoms with E-state index in [9.17, 15) is 0 Å². The minimum absolute atomic E-state index is 0. The van der Waals surface area contributed by atoms with Crippen LogP contribution in [-0.2, 0) is 0 Å². The summed E-state index contributed by atoms with van der Waals surface area (Å²) in [6, 6.07) is 14.8. The van der Waals surface area contributed by atoms with Gasteiger partial charge in [-0.15, -0.1) is 0 Å². The molecule has 0 spiro atoms. The summed E-state index contributed by atoms with van der Waals surface area (Å²) < 4.78 is 0. The molecule has 0 aromatic heterocycles. The Bertz CT molecular complexity index is 631. The molecule has 0 aliphatic heterocycles. The zero-order valence-corrected chi connectivity index (χ0v) is 10.1. The first-order valence-electron chi connectivity index (χ1n) is 5.69. The molecule has 0 saturated carbocycles. The summed E-state index contributed by atoms with van der Waals surface area (Å²) in [5.74, 6) is 0. The van der Waals surface area contributed by atoms with Gasteiger partial charge in [-0.1, -0.05) is 89.6 Å². The van der Waals surface area contributed by atoms with Crippen LogP contribution in [0.5, 0.6) is 0 Å². The average molecular weight is 268 g/mol. The highest BCUT2D eigenvalue weighted by Crippen LogP contribution is 2.16. The molecule has 0 aliphatic carbocycles. The number of allylic oxidation sites excluding steroid dienone is 1. The Labute approximate surface area is 124 Å². The summed E-state index contributed by atoms with van der Waals surface area (Å²) in [4.78, 5) is 0. The Balaban J connectivity index is 0. The predicted molar refractivity (Wildman–Crippen MR) is 96.2 cm³/mol. The SMILES string of the molecule is C.C.C.C=C/C=c1/ccc(-c2ccc(C)cc2)cc1=C. The van der Waals surface area contributed by atoms with Crippen LogP contribution in [0, 0.1) is 6.92 Å². The van der Waals surface area contributed by atoms with Gasteiger partial charge in [0.15, 0.2) is 0 Å². The normalized spacial score (nSPS) is 9.75. The molecule has 0 radical (unpaired) electrons. The van der Waals surface area contributed by atoms with E-state index in [4.69, 9.17) is 0 Å². The minimum Gasteiger partial charge on any atom is -0.0990 e. The fraction of sp³-hybridized carbons (Fsp3) is 0.200. The summed E-state index contributed by atoms with van der Waals surface area (Å²) in [6.07, 6.45) is 3.76. The van der Waals surface area contributed by atoms with E-state index in [1.54, 1.807) is 6.08 Å². The lowest BCUT2D eigenvalue weighted by atomic mass is 10.0. The van der Waals surface area contributed by atoms with Crippen molar-refractivity contribution in [3.05, 3.63) is 71.1 Å². The Morgan fingerprint density at radius 2 is 1.40 bits per heavy atom. The molecule has 2 rings (SSSR count). The maximum absolute atomic E-state index is 4.06. The highest BCUT2D eigenvalue weighted by Gasteiger charge is 1.96. The van der Waals surface area contributed by atoms with Crippen molar-refractivity contribution in [1.82, 2.24) is 0 Å². The zero-order valence-electron chi connectivity index (χ0n) is 10.1. The summed E-state index contributed by atoms with van der Waals surface area (Å²) in [5.41, 5.74) is 3.71. The van der Waals surface area contributed by atoms with Crippen molar-refractivity contribution in [3.63, 3.8) is 0 Å². The molecule has 0 unspecified atom stereocenters. The van der Waals surface area contributed by atoms with Crippen LogP contribution in [-0.4, -0.2) is 0 Å². The van der Waals surface area contributed by atoms with Crippen LogP contribution in [0.3, 0.4) is 0 Å². The topological polar surface area (TPSA) is 0 Å². The number of hydrogen-bond donors (Lipinski definition) is 0. The van der Waals surface area contributed by atoms with E-state index in [1.807, 2.05) is 6.08 Å². The zero-order chi connectivity index (χ0) is 12.3. The Morgan fingerprint density at radius 1 is 0.850 bits per heavy atom. The number of hydrogen-bond acceptors (Lipinski definition) is 0. The van der Waals surface area contributed by atoms with Crippen LogP contribution in [0.25, 0.3) is 23.8 Å². The molecule has 0 heterocycles. The van der Waals surface area contributed by atoms with Gasteiger partial charge in [0.05, 0.1) is 0 Å². The molecule has 0 aliphatic rings. The third-order valence-electron chi connectivity index (χ3n) is 2.83. The van der Waals surface area contributed by atoms with E-state index in [0.29, 0.717) is 0 Å². The summed E-state index contributed by atoms with van der Waals surface area (Å²) in [6.45, 7) is 9.86. The van der Waals surface area contributed by atoms with Gasteiger partial charge in [-0.2, -0.15) is 0 Å². The van der Waals surface area contributed by atoms with Crippen LogP contribution >= 0.6 is 0 Å². The Morgan fingerprint density at radius 3 is 1.90 bits per heavy atom. The first-order chi connectivity index (χ1) is 8.20. The number of rotatable bonds is 2. The first kappa shape index (κ1) is 20.2. The quantitative estimate of drug-likeness (QED) is 0.723. The van der Waals surface area contributed by atoms with E-state index in [0.717, 1.165) is 10.4 Å². The molecular weight excluding hydrogens is 240 g/mol. The molecule has 0 bridgehead atoms. The minimum atomic E-state index is 0. The highest BCUT2D eigenvalue weighted by molar-refractivity contribution is 5.64. The van der Waals surface area contributed by atoms with Crippen molar-refractivity contribution in [3.8, 4) is 11.1 Å². The molecule has 0 amide bonds. The van der Waals surface area contributed by atoms with Gasteiger partial charge in [-0.25, -0.2) is 0 Å². The second-order valence-electron chi connectivity index (χ2n) is 4.18. The Hall–Kier alpha value is -2.08. The lowest BCUT2D eigenvalue weighted by Crippen LogP contribution is -2.22. The smallest absolute Gasteiger partial charge is 0.0178 e. The van der Waals surface area contributed by atoms with Crippen molar-refractivity contribution in [2.45, 2.75) is 29.2 Å². The van der Waals surface area contributed by atoms with E-state index >= 15 is 0 Å². The van der Waals surface area contributed by atoms with Crippen LogP contribution in [0.4, 0.5) is 0 Å². The van der Waals surface area contributed by atoms with Gasteiger partial charge in [0, 0.05) is 0 Å². The van der Waals surface area contributed by atoms with Crippen LogP contribution in [0.1, 0.15) is 27.8 Å². The van der Waals surface area contributed by atoms with Gasteiger partial charge in [-0.3, -0.25) is 0 Å². The molecule has 0 fully saturated rings. The standard InChI is InChI=1S/C17H16.3CH4/c1-4-5-15-10-11-17(12-14(15)3)16-8-6-13(2)7-9-16;;;/h4-12H,1,3H2,2H3;3*1H4/b15-5-;;;. The van der Waals surface area contributed by atoms with Gasteiger partial charge >= 0.3 is 0 Å². The van der Waals surface area contributed by atoms with E-state index in [1.165, 1.54) is 16.7 Å². The predicted octanol–water partition coefficient (Wildman–Crippen LogP) is 4.95. The number of aryl methyl sites for hydroxylation is 1. The van der Waals surface area contributed by atoms with Gasteiger partial charge in [0.2, 0.25) is 0 Å². The van der Waals surface area contributed by atoms with Crippen LogP contribution < -0.4 is 10.4 Å². The van der Waals surface area contributed by atoms with Crippen LogP contribution in [0.2, 0.25) is 0 Å². The summed E-state index contributed by atoms with van der Waals surface area (Å²) >= 11 is 0. The highest BCUT2D eigenvalue weighted by atomic mass is 14.0. The molecule has 20 heavy (non-hydrogen) atoms. The molecule has 2 aromatic rings. The molecule has 0 saturated heterocycles. The number of benzene rings is 2. The molecule has 0 heteroatoms. The first-order valence-corrected chi connectivity index (χ1v) is 5.69. The molecule has 2 aromatic carbocycles. The van der Waals surface area contributed by atoms with Crippen molar-refractivity contribution >= 4 is 12.7 Å². The van der Waals surface area contributed by atoms with E-state index in [-0.39, 0.29) is 22.3 Å². The van der Waals surface area contributed by atoms with Gasteiger partial charge in [-0.05, 0) is 34.6 Å². The molecule has 0 atom stereocenters. The fourth-order valence-electron chi connectivity index (χ4n) is 1.82. The van der Waals surface area contributed by atoms with Crippen molar-refractivity contribution in [2.24, 2.45) is 0 Å². The third kappa shape index (κ3) is 4.55. The second-order valence-corrected chi connectivity index (χ2v) is 4.18. The van der Waals surface area contributed by atoms with Crippen molar-refractivity contribution < 1.29 is 0 Å². The van der Waals surface area contributed by atoms with Crippen molar-refractivity contribution in [1.29, 1.82) is 0 Å². The van der Waals surface area contributed by atoms with Gasteiger partial charge < -0.3 is 0 Å². The van der Waals surface area contributed by atoms with Crippen LogP contribution in [0.15, 0.2) is 55.1 Å².